The molecule has 14 nitrogen and oxygen atoms in total. The minimum Gasteiger partial charge on any atom is -0.491 e. The Kier molecular flexibility index (Phi) is 14.0. The average Bonchev–Trinajstić information content (AvgIpc) is 3.87. The molecule has 5 aromatic carbocycles. The Morgan fingerprint density at radius 1 is 0.817 bits per heavy atom. The number of carbonyl (C=O) groups is 4. The van der Waals surface area contributed by atoms with E-state index < -0.39 is 59.4 Å². The van der Waals surface area contributed by atoms with E-state index in [9.17, 15) is 9.90 Å². The molecule has 3 fully saturated rings. The van der Waals surface area contributed by atoms with Crippen molar-refractivity contribution in [3.8, 4) is 17.6 Å². The molecule has 0 radical (unpaired) electrons. The van der Waals surface area contributed by atoms with Crippen LogP contribution in [0, 0.1) is 17.8 Å². The van der Waals surface area contributed by atoms with Gasteiger partial charge in [-0.1, -0.05) is 96.8 Å². The topological polar surface area (TPSA) is 156 Å². The van der Waals surface area contributed by atoms with Gasteiger partial charge in [0.2, 0.25) is 11.8 Å². The zero-order valence-electron chi connectivity index (χ0n) is 39.5. The van der Waals surface area contributed by atoms with Gasteiger partial charge in [0, 0.05) is 42.7 Å². The number of hydrogen-bond acceptors (Lipinski definition) is 12. The molecule has 0 saturated carbocycles. The van der Waals surface area contributed by atoms with E-state index in [0.717, 1.165) is 47.4 Å². The van der Waals surface area contributed by atoms with Crippen LogP contribution >= 0.6 is 0 Å². The van der Waals surface area contributed by atoms with Gasteiger partial charge in [-0.05, 0) is 96.5 Å². The number of fused-ring (bicyclic) bond motifs is 3. The molecule has 5 aliphatic rings. The highest BCUT2D eigenvalue weighted by Crippen LogP contribution is 2.67. The molecular weight excluding hydrogens is 901 g/mol. The number of aliphatic hydroxyl groups is 1. The summed E-state index contributed by atoms with van der Waals surface area (Å²) in [6.45, 7) is 2.09. The number of allylic oxidation sites excluding steroid dienone is 2. The maximum atomic E-state index is 16.6. The predicted octanol–water partition coefficient (Wildman–Crippen LogP) is 7.83. The fraction of sp³-hybridized carbons (Fsp3) is 0.333. The summed E-state index contributed by atoms with van der Waals surface area (Å²) in [6, 6.07) is 35.2. The predicted molar refractivity (Wildman–Crippen MR) is 266 cm³/mol. The van der Waals surface area contributed by atoms with Crippen molar-refractivity contribution in [2.75, 3.05) is 75.0 Å². The first-order valence-electron chi connectivity index (χ1n) is 24.3. The summed E-state index contributed by atoms with van der Waals surface area (Å²) in [4.78, 5) is 68.0. The molecule has 1 aliphatic carbocycles. The number of anilines is 3. The highest BCUT2D eigenvalue weighted by Gasteiger charge is 2.76. The number of imide groups is 1. The van der Waals surface area contributed by atoms with Crippen LogP contribution in [-0.4, -0.2) is 99.8 Å². The molecule has 5 aromatic rings. The van der Waals surface area contributed by atoms with Gasteiger partial charge >= 0.3 is 12.1 Å². The number of carbonyl (C=O) groups excluding carboxylic acids is 4. The van der Waals surface area contributed by atoms with Crippen LogP contribution in [0.3, 0.4) is 0 Å². The fourth-order valence-corrected chi connectivity index (χ4v) is 11.1. The van der Waals surface area contributed by atoms with E-state index in [0.29, 0.717) is 60.0 Å². The monoisotopic (exact) mass is 956 g/mol. The number of cyclic esters (lactones) is 1. The standard InChI is InChI=1S/C57H56N4O10/c1-67-35-36-70-56(66)60-46-28-23-39(22-21-38-13-5-2-6-14-38)37-45(46)57(55(60)65)48(53(63)58-42-24-26-43(27-25-42)59-29-32-68-33-30-59)50-54(64)71-51(41-17-9-4-10-18-41)49(40-15-7-3-8-16-40)61(50)52(57)44-19-11-12-20-47(44)69-34-31-62/h3-4,7-13,15-20,23-28,37,48-52,62H,2,5-6,14,29-36H2,1H3,(H,58,63). The molecule has 71 heavy (non-hydrogen) atoms. The molecule has 14 heteroatoms. The number of rotatable bonds is 12. The van der Waals surface area contributed by atoms with Gasteiger partial charge in [0.15, 0.2) is 0 Å². The lowest BCUT2D eigenvalue weighted by molar-refractivity contribution is -0.177. The number of morpholine rings is 2. The van der Waals surface area contributed by atoms with Crippen LogP contribution in [0.1, 0.15) is 71.7 Å². The van der Waals surface area contributed by atoms with E-state index in [4.69, 9.17) is 23.7 Å². The maximum Gasteiger partial charge on any atom is 0.421 e. The second-order valence-corrected chi connectivity index (χ2v) is 18.2. The third-order valence-electron chi connectivity index (χ3n) is 14.2. The van der Waals surface area contributed by atoms with E-state index >= 15 is 14.4 Å². The molecule has 0 aromatic heterocycles. The van der Waals surface area contributed by atoms with Crippen molar-refractivity contribution in [1.82, 2.24) is 4.90 Å². The number of nitrogens with zero attached hydrogens (tertiary/aromatic N) is 3. The largest absolute Gasteiger partial charge is 0.491 e. The molecular formula is C57H56N4O10. The van der Waals surface area contributed by atoms with E-state index in [1.165, 1.54) is 7.11 Å². The first-order valence-corrected chi connectivity index (χ1v) is 24.3. The SMILES string of the molecule is COCCOC(=O)N1C(=O)C2(c3cc(C#CC4=CCCCC4)ccc31)C(C(=O)Nc1ccc(N3CCOCC3)cc1)C1C(=O)OC(c3ccccc3)C(c3ccccc3)N1C2c1ccccc1OCCO. The van der Waals surface area contributed by atoms with Crippen molar-refractivity contribution in [2.45, 2.75) is 55.3 Å². The lowest BCUT2D eigenvalue weighted by Crippen LogP contribution is -2.54. The Bertz CT molecular complexity index is 2860. The number of hydrogen-bond donors (Lipinski definition) is 2. The van der Waals surface area contributed by atoms with E-state index in [1.54, 1.807) is 48.5 Å². The molecule has 3 amide bonds. The molecule has 0 bridgehead atoms. The van der Waals surface area contributed by atoms with Gasteiger partial charge in [0.25, 0.3) is 0 Å². The zero-order valence-corrected chi connectivity index (χ0v) is 39.5. The van der Waals surface area contributed by atoms with Crippen LogP contribution < -0.4 is 19.9 Å². The number of para-hydroxylation sites is 1. The molecule has 3 saturated heterocycles. The summed E-state index contributed by atoms with van der Waals surface area (Å²) < 4.78 is 29.6. The first-order chi connectivity index (χ1) is 34.8. The van der Waals surface area contributed by atoms with Gasteiger partial charge in [0.05, 0.1) is 50.1 Å². The third-order valence-corrected chi connectivity index (χ3v) is 14.2. The molecule has 4 heterocycles. The molecule has 364 valence electrons. The van der Waals surface area contributed by atoms with Gasteiger partial charge in [0.1, 0.15) is 36.5 Å². The van der Waals surface area contributed by atoms with Crippen LogP contribution in [-0.2, 0) is 38.7 Å². The number of amides is 3. The Balaban J connectivity index is 1.25. The van der Waals surface area contributed by atoms with Gasteiger partial charge in [-0.3, -0.25) is 19.3 Å². The highest BCUT2D eigenvalue weighted by molar-refractivity contribution is 6.24. The first kappa shape index (κ1) is 47.4. The number of nitrogens with one attached hydrogen (secondary N) is 1. The van der Waals surface area contributed by atoms with Crippen molar-refractivity contribution in [1.29, 1.82) is 0 Å². The summed E-state index contributed by atoms with van der Waals surface area (Å²) >= 11 is 0. The summed E-state index contributed by atoms with van der Waals surface area (Å²) in [7, 11) is 1.48. The van der Waals surface area contributed by atoms with Crippen molar-refractivity contribution >= 4 is 40.9 Å². The lowest BCUT2D eigenvalue weighted by atomic mass is 9.65. The number of methoxy groups -OCH3 is 1. The molecule has 2 N–H and O–H groups in total. The van der Waals surface area contributed by atoms with Gasteiger partial charge in [-0.15, -0.1) is 0 Å². The van der Waals surface area contributed by atoms with Crippen molar-refractivity contribution in [2.24, 2.45) is 5.92 Å². The van der Waals surface area contributed by atoms with Gasteiger partial charge < -0.3 is 39.0 Å². The number of ether oxygens (including phenoxy) is 5. The zero-order chi connectivity index (χ0) is 48.9. The summed E-state index contributed by atoms with van der Waals surface area (Å²) in [5.74, 6) is 3.26. The number of benzene rings is 5. The Labute approximate surface area is 413 Å². The molecule has 10 rings (SSSR count). The van der Waals surface area contributed by atoms with Crippen molar-refractivity contribution in [3.63, 3.8) is 0 Å². The molecule has 6 unspecified atom stereocenters. The number of esters is 1. The summed E-state index contributed by atoms with van der Waals surface area (Å²) in [5.41, 5.74) is 3.18. The summed E-state index contributed by atoms with van der Waals surface area (Å²) in [6.07, 6.45) is 4.11. The molecule has 4 aliphatic heterocycles. The van der Waals surface area contributed by atoms with Gasteiger partial charge in [-0.25, -0.2) is 9.69 Å². The van der Waals surface area contributed by atoms with Crippen LogP contribution in [0.25, 0.3) is 0 Å². The highest BCUT2D eigenvalue weighted by atomic mass is 16.6. The third kappa shape index (κ3) is 8.95. The van der Waals surface area contributed by atoms with Gasteiger partial charge in [-0.2, -0.15) is 0 Å². The quantitative estimate of drug-likeness (QED) is 0.0711. The van der Waals surface area contributed by atoms with E-state index in [1.807, 2.05) is 83.8 Å². The van der Waals surface area contributed by atoms with Crippen LogP contribution in [0.2, 0.25) is 0 Å². The van der Waals surface area contributed by atoms with Crippen LogP contribution in [0.5, 0.6) is 5.75 Å². The van der Waals surface area contributed by atoms with E-state index in [2.05, 4.69) is 28.1 Å². The lowest BCUT2D eigenvalue weighted by Gasteiger charge is -2.46. The maximum absolute atomic E-state index is 16.6. The average molecular weight is 957 g/mol. The normalized spacial score (nSPS) is 23.7. The minimum atomic E-state index is -2.09. The number of aliphatic hydroxyl groups excluding tert-OH is 1. The van der Waals surface area contributed by atoms with Crippen molar-refractivity contribution in [3.05, 3.63) is 167 Å². The van der Waals surface area contributed by atoms with Crippen LogP contribution in [0.4, 0.5) is 21.9 Å². The smallest absolute Gasteiger partial charge is 0.421 e. The fourth-order valence-electron chi connectivity index (χ4n) is 11.1. The minimum absolute atomic E-state index is 0.0605. The Morgan fingerprint density at radius 2 is 1.55 bits per heavy atom. The Morgan fingerprint density at radius 3 is 2.27 bits per heavy atom. The Hall–Kier alpha value is -7.28. The van der Waals surface area contributed by atoms with E-state index in [-0.39, 0.29) is 32.1 Å². The van der Waals surface area contributed by atoms with Crippen molar-refractivity contribution < 1.29 is 48.0 Å². The second-order valence-electron chi connectivity index (χ2n) is 18.2. The molecule has 1 spiro atoms. The summed E-state index contributed by atoms with van der Waals surface area (Å²) in [5, 5.41) is 13.3. The second kappa shape index (κ2) is 21.0. The molecule has 6 atom stereocenters. The van der Waals surface area contributed by atoms with Crippen LogP contribution in [0.15, 0.2) is 139 Å².